The summed E-state index contributed by atoms with van der Waals surface area (Å²) in [5, 5.41) is 20.7. The Labute approximate surface area is 115 Å². The SMILES string of the molecule is Cc1ccc([N+](=O)[O-])c(Oc2ncccc2[C@H](C)O)c1. The molecule has 0 saturated heterocycles. The van der Waals surface area contributed by atoms with E-state index in [4.69, 9.17) is 4.74 Å². The van der Waals surface area contributed by atoms with Gasteiger partial charge in [0.15, 0.2) is 0 Å². The molecule has 0 spiro atoms. The first-order valence-corrected chi connectivity index (χ1v) is 6.05. The molecule has 1 N–H and O–H groups in total. The second kappa shape index (κ2) is 5.66. The van der Waals surface area contributed by atoms with Gasteiger partial charge in [0.05, 0.1) is 11.0 Å². The number of nitrogens with zero attached hydrogens (tertiary/aromatic N) is 2. The number of rotatable bonds is 4. The van der Waals surface area contributed by atoms with Crippen LogP contribution < -0.4 is 4.74 Å². The van der Waals surface area contributed by atoms with E-state index in [1.54, 1.807) is 31.2 Å². The summed E-state index contributed by atoms with van der Waals surface area (Å²) >= 11 is 0. The molecule has 104 valence electrons. The Kier molecular flexibility index (Phi) is 3.95. The molecular formula is C14H14N2O4. The molecule has 1 aromatic carbocycles. The van der Waals surface area contributed by atoms with Crippen LogP contribution in [0.25, 0.3) is 0 Å². The summed E-state index contributed by atoms with van der Waals surface area (Å²) in [7, 11) is 0. The molecule has 0 radical (unpaired) electrons. The van der Waals surface area contributed by atoms with Crippen molar-refractivity contribution in [3.05, 3.63) is 57.8 Å². The summed E-state index contributed by atoms with van der Waals surface area (Å²) in [5.41, 5.74) is 1.17. The molecule has 2 rings (SSSR count). The van der Waals surface area contributed by atoms with E-state index in [-0.39, 0.29) is 17.3 Å². The second-order valence-electron chi connectivity index (χ2n) is 4.40. The molecule has 2 aromatic rings. The number of aliphatic hydroxyl groups is 1. The van der Waals surface area contributed by atoms with Crippen molar-refractivity contribution < 1.29 is 14.8 Å². The second-order valence-corrected chi connectivity index (χ2v) is 4.40. The minimum absolute atomic E-state index is 0.107. The molecule has 0 aliphatic heterocycles. The van der Waals surface area contributed by atoms with Crippen molar-refractivity contribution in [1.29, 1.82) is 0 Å². The van der Waals surface area contributed by atoms with Crippen LogP contribution in [0.15, 0.2) is 36.5 Å². The average Bonchev–Trinajstić information content (AvgIpc) is 2.38. The summed E-state index contributed by atoms with van der Waals surface area (Å²) in [6.07, 6.45) is 0.727. The van der Waals surface area contributed by atoms with Crippen molar-refractivity contribution in [3.63, 3.8) is 0 Å². The van der Waals surface area contributed by atoms with E-state index < -0.39 is 11.0 Å². The summed E-state index contributed by atoms with van der Waals surface area (Å²) in [4.78, 5) is 14.5. The van der Waals surface area contributed by atoms with Gasteiger partial charge in [-0.1, -0.05) is 6.07 Å². The highest BCUT2D eigenvalue weighted by Crippen LogP contribution is 2.34. The topological polar surface area (TPSA) is 85.5 Å². The standard InChI is InChI=1S/C14H14N2O4/c1-9-5-6-12(16(18)19)13(8-9)20-14-11(10(2)17)4-3-7-15-14/h3-8,10,17H,1-2H3/t10-/m0/s1. The average molecular weight is 274 g/mol. The van der Waals surface area contributed by atoms with Crippen LogP contribution >= 0.6 is 0 Å². The molecule has 0 unspecified atom stereocenters. The summed E-state index contributed by atoms with van der Waals surface area (Å²) in [6, 6.07) is 7.92. The van der Waals surface area contributed by atoms with E-state index in [9.17, 15) is 15.2 Å². The quantitative estimate of drug-likeness (QED) is 0.683. The summed E-state index contributed by atoms with van der Waals surface area (Å²) in [6.45, 7) is 3.39. The number of pyridine rings is 1. The Balaban J connectivity index is 2.45. The number of hydrogen-bond donors (Lipinski definition) is 1. The van der Waals surface area contributed by atoms with Crippen molar-refractivity contribution in [1.82, 2.24) is 4.98 Å². The van der Waals surface area contributed by atoms with E-state index in [0.717, 1.165) is 5.56 Å². The number of aryl methyl sites for hydroxylation is 1. The molecule has 20 heavy (non-hydrogen) atoms. The van der Waals surface area contributed by atoms with E-state index >= 15 is 0 Å². The fourth-order valence-corrected chi connectivity index (χ4v) is 1.76. The first-order valence-electron chi connectivity index (χ1n) is 6.05. The lowest BCUT2D eigenvalue weighted by Crippen LogP contribution is -2.00. The number of nitro benzene ring substituents is 1. The van der Waals surface area contributed by atoms with Crippen LogP contribution in [-0.4, -0.2) is 15.0 Å². The molecule has 6 nitrogen and oxygen atoms in total. The van der Waals surface area contributed by atoms with Crippen molar-refractivity contribution >= 4 is 5.69 Å². The first-order chi connectivity index (χ1) is 9.49. The summed E-state index contributed by atoms with van der Waals surface area (Å²) < 4.78 is 5.53. The van der Waals surface area contributed by atoms with Crippen LogP contribution in [0.2, 0.25) is 0 Å². The molecule has 0 bridgehead atoms. The lowest BCUT2D eigenvalue weighted by molar-refractivity contribution is -0.385. The third-order valence-corrected chi connectivity index (χ3v) is 2.77. The number of aromatic nitrogens is 1. The van der Waals surface area contributed by atoms with Gasteiger partial charge in [0.2, 0.25) is 11.6 Å². The zero-order valence-electron chi connectivity index (χ0n) is 11.1. The van der Waals surface area contributed by atoms with Gasteiger partial charge in [0.25, 0.3) is 0 Å². The fraction of sp³-hybridized carbons (Fsp3) is 0.214. The molecule has 1 aromatic heterocycles. The van der Waals surface area contributed by atoms with Gasteiger partial charge >= 0.3 is 5.69 Å². The van der Waals surface area contributed by atoms with Gasteiger partial charge in [-0.05, 0) is 37.6 Å². The van der Waals surface area contributed by atoms with Gasteiger partial charge in [0, 0.05) is 17.8 Å². The Hall–Kier alpha value is -2.47. The summed E-state index contributed by atoms with van der Waals surface area (Å²) in [5.74, 6) is 0.270. The van der Waals surface area contributed by atoms with Gasteiger partial charge < -0.3 is 9.84 Å². The predicted octanol–water partition coefficient (Wildman–Crippen LogP) is 3.14. The van der Waals surface area contributed by atoms with Crippen LogP contribution in [0.5, 0.6) is 11.6 Å². The number of aliphatic hydroxyl groups excluding tert-OH is 1. The van der Waals surface area contributed by atoms with E-state index in [2.05, 4.69) is 4.98 Å². The van der Waals surface area contributed by atoms with Gasteiger partial charge in [-0.15, -0.1) is 0 Å². The normalized spacial score (nSPS) is 11.9. The Morgan fingerprint density at radius 2 is 2.15 bits per heavy atom. The number of benzene rings is 1. The Morgan fingerprint density at radius 3 is 2.80 bits per heavy atom. The molecule has 0 aliphatic rings. The Bertz CT molecular complexity index is 641. The highest BCUT2D eigenvalue weighted by atomic mass is 16.6. The third-order valence-electron chi connectivity index (χ3n) is 2.77. The molecule has 0 aliphatic carbocycles. The van der Waals surface area contributed by atoms with Crippen molar-refractivity contribution in [2.75, 3.05) is 0 Å². The molecule has 1 atom stereocenters. The van der Waals surface area contributed by atoms with Crippen molar-refractivity contribution in [2.45, 2.75) is 20.0 Å². The monoisotopic (exact) mass is 274 g/mol. The molecular weight excluding hydrogens is 260 g/mol. The fourth-order valence-electron chi connectivity index (χ4n) is 1.76. The molecule has 6 heteroatoms. The highest BCUT2D eigenvalue weighted by Gasteiger charge is 2.18. The molecule has 0 saturated carbocycles. The van der Waals surface area contributed by atoms with Crippen molar-refractivity contribution in [2.24, 2.45) is 0 Å². The smallest absolute Gasteiger partial charge is 0.311 e. The highest BCUT2D eigenvalue weighted by molar-refractivity contribution is 5.50. The predicted molar refractivity (Wildman–Crippen MR) is 72.8 cm³/mol. The van der Waals surface area contributed by atoms with Crippen LogP contribution in [0.1, 0.15) is 24.2 Å². The maximum Gasteiger partial charge on any atom is 0.311 e. The first kappa shape index (κ1) is 14.0. The van der Waals surface area contributed by atoms with E-state index in [0.29, 0.717) is 5.56 Å². The molecule has 0 amide bonds. The number of nitro groups is 1. The number of hydrogen-bond acceptors (Lipinski definition) is 5. The largest absolute Gasteiger partial charge is 0.431 e. The maximum atomic E-state index is 11.0. The third kappa shape index (κ3) is 2.92. The molecule has 1 heterocycles. The van der Waals surface area contributed by atoms with Crippen molar-refractivity contribution in [3.8, 4) is 11.6 Å². The van der Waals surface area contributed by atoms with Gasteiger partial charge in [-0.25, -0.2) is 4.98 Å². The van der Waals surface area contributed by atoms with Gasteiger partial charge in [-0.2, -0.15) is 0 Å². The van der Waals surface area contributed by atoms with Crippen LogP contribution in [0.3, 0.4) is 0 Å². The van der Waals surface area contributed by atoms with Crippen LogP contribution in [-0.2, 0) is 0 Å². The van der Waals surface area contributed by atoms with E-state index in [1.165, 1.54) is 12.3 Å². The molecule has 0 fully saturated rings. The van der Waals surface area contributed by atoms with Gasteiger partial charge in [-0.3, -0.25) is 10.1 Å². The minimum Gasteiger partial charge on any atom is -0.431 e. The maximum absolute atomic E-state index is 11.0. The number of ether oxygens (including phenoxy) is 1. The zero-order chi connectivity index (χ0) is 14.7. The van der Waals surface area contributed by atoms with Crippen LogP contribution in [0.4, 0.5) is 5.69 Å². The minimum atomic E-state index is -0.775. The van der Waals surface area contributed by atoms with E-state index in [1.807, 2.05) is 6.92 Å². The van der Waals surface area contributed by atoms with Gasteiger partial charge in [0.1, 0.15) is 0 Å². The zero-order valence-corrected chi connectivity index (χ0v) is 11.1. The van der Waals surface area contributed by atoms with Crippen LogP contribution in [0, 0.1) is 17.0 Å². The lowest BCUT2D eigenvalue weighted by atomic mass is 10.2. The Morgan fingerprint density at radius 1 is 1.40 bits per heavy atom. The lowest BCUT2D eigenvalue weighted by Gasteiger charge is -2.12.